The van der Waals surface area contributed by atoms with E-state index in [1.165, 1.54) is 64.2 Å². The highest BCUT2D eigenvalue weighted by molar-refractivity contribution is 5.76. The van der Waals surface area contributed by atoms with E-state index in [1.807, 2.05) is 0 Å². The number of urea groups is 1. The van der Waals surface area contributed by atoms with Gasteiger partial charge in [0.25, 0.3) is 0 Å². The van der Waals surface area contributed by atoms with Gasteiger partial charge in [-0.05, 0) is 76.0 Å². The number of hydrogen-bond donors (Lipinski definition) is 2. The standard InChI is InChI=1S/C15H24N2O/c18-13(16-14-5-1-11(9-14)2-6-14)17-15-7-3-12(10-15)4-8-15/h11-12H,1-10H2,(H2,16,17,18). The lowest BCUT2D eigenvalue weighted by molar-refractivity contribution is 0.209. The van der Waals surface area contributed by atoms with Gasteiger partial charge >= 0.3 is 6.03 Å². The van der Waals surface area contributed by atoms with E-state index >= 15 is 0 Å². The van der Waals surface area contributed by atoms with E-state index in [9.17, 15) is 4.79 Å². The molecule has 3 nitrogen and oxygen atoms in total. The second-order valence-electron chi connectivity index (χ2n) is 7.43. The van der Waals surface area contributed by atoms with Crippen LogP contribution in [0, 0.1) is 11.8 Å². The number of fused-ring (bicyclic) bond motifs is 4. The lowest BCUT2D eigenvalue weighted by Crippen LogP contribution is -2.55. The second kappa shape index (κ2) is 3.64. The highest BCUT2D eigenvalue weighted by Crippen LogP contribution is 2.49. The van der Waals surface area contributed by atoms with Gasteiger partial charge in [0.1, 0.15) is 0 Å². The van der Waals surface area contributed by atoms with Crippen molar-refractivity contribution in [2.24, 2.45) is 11.8 Å². The number of amides is 2. The summed E-state index contributed by atoms with van der Waals surface area (Å²) in [6, 6.07) is 0.125. The summed E-state index contributed by atoms with van der Waals surface area (Å²) in [5.41, 5.74) is 0.337. The van der Waals surface area contributed by atoms with Gasteiger partial charge in [0.15, 0.2) is 0 Å². The molecule has 0 heterocycles. The van der Waals surface area contributed by atoms with E-state index < -0.39 is 0 Å². The Bertz CT molecular complexity index is 329. The molecule has 18 heavy (non-hydrogen) atoms. The second-order valence-corrected chi connectivity index (χ2v) is 7.43. The maximum Gasteiger partial charge on any atom is 0.315 e. The molecule has 4 rings (SSSR count). The van der Waals surface area contributed by atoms with Crippen molar-refractivity contribution in [3.05, 3.63) is 0 Å². The largest absolute Gasteiger partial charge is 0.333 e. The van der Waals surface area contributed by atoms with Crippen molar-refractivity contribution in [1.29, 1.82) is 0 Å². The molecular weight excluding hydrogens is 224 g/mol. The first-order valence-electron chi connectivity index (χ1n) is 7.77. The lowest BCUT2D eigenvalue weighted by Gasteiger charge is -2.33. The van der Waals surface area contributed by atoms with Crippen molar-refractivity contribution in [3.8, 4) is 0 Å². The van der Waals surface area contributed by atoms with Gasteiger partial charge in [0.05, 0.1) is 0 Å². The maximum atomic E-state index is 12.3. The number of carbonyl (C=O) groups is 1. The molecule has 3 heteroatoms. The molecule has 0 unspecified atom stereocenters. The minimum Gasteiger partial charge on any atom is -0.333 e. The highest BCUT2D eigenvalue weighted by atomic mass is 16.2. The van der Waals surface area contributed by atoms with Crippen LogP contribution in [0.5, 0.6) is 0 Å². The van der Waals surface area contributed by atoms with Crippen LogP contribution in [0.15, 0.2) is 0 Å². The summed E-state index contributed by atoms with van der Waals surface area (Å²) in [5, 5.41) is 6.68. The van der Waals surface area contributed by atoms with Crippen molar-refractivity contribution in [2.45, 2.75) is 75.3 Å². The fourth-order valence-corrected chi connectivity index (χ4v) is 5.25. The van der Waals surface area contributed by atoms with Gasteiger partial charge in [0, 0.05) is 11.1 Å². The Morgan fingerprint density at radius 2 is 1.17 bits per heavy atom. The molecule has 0 spiro atoms. The van der Waals surface area contributed by atoms with Crippen LogP contribution in [0.25, 0.3) is 0 Å². The average molecular weight is 248 g/mol. The third-order valence-electron chi connectivity index (χ3n) is 6.24. The van der Waals surface area contributed by atoms with E-state index in [1.54, 1.807) is 0 Å². The summed E-state index contributed by atoms with van der Waals surface area (Å²) < 4.78 is 0. The van der Waals surface area contributed by atoms with Crippen molar-refractivity contribution in [3.63, 3.8) is 0 Å². The normalized spacial score (nSPS) is 48.7. The maximum absolute atomic E-state index is 12.3. The van der Waals surface area contributed by atoms with Gasteiger partial charge in [-0.2, -0.15) is 0 Å². The van der Waals surface area contributed by atoms with E-state index in [0.717, 1.165) is 11.8 Å². The third kappa shape index (κ3) is 1.66. The van der Waals surface area contributed by atoms with Gasteiger partial charge in [-0.1, -0.05) is 0 Å². The Balaban J connectivity index is 1.39. The molecule has 0 radical (unpaired) electrons. The van der Waals surface area contributed by atoms with Crippen molar-refractivity contribution >= 4 is 6.03 Å². The summed E-state index contributed by atoms with van der Waals surface area (Å²) in [5.74, 6) is 1.79. The molecule has 0 aliphatic heterocycles. The van der Waals surface area contributed by atoms with Crippen LogP contribution < -0.4 is 10.6 Å². The zero-order valence-electron chi connectivity index (χ0n) is 11.1. The van der Waals surface area contributed by atoms with E-state index in [-0.39, 0.29) is 17.1 Å². The lowest BCUT2D eigenvalue weighted by atomic mass is 9.93. The fourth-order valence-electron chi connectivity index (χ4n) is 5.25. The highest BCUT2D eigenvalue weighted by Gasteiger charge is 2.48. The van der Waals surface area contributed by atoms with Crippen LogP contribution in [0.4, 0.5) is 4.79 Å². The van der Waals surface area contributed by atoms with Crippen molar-refractivity contribution < 1.29 is 4.79 Å². The van der Waals surface area contributed by atoms with Crippen molar-refractivity contribution in [2.75, 3.05) is 0 Å². The first-order valence-corrected chi connectivity index (χ1v) is 7.77. The minimum absolute atomic E-state index is 0.125. The minimum atomic E-state index is 0.125. The fraction of sp³-hybridized carbons (Fsp3) is 0.933. The molecule has 4 bridgehead atoms. The zero-order valence-corrected chi connectivity index (χ0v) is 11.1. The molecule has 100 valence electrons. The molecule has 4 fully saturated rings. The molecule has 4 saturated carbocycles. The molecule has 2 N–H and O–H groups in total. The Hall–Kier alpha value is -0.730. The monoisotopic (exact) mass is 248 g/mol. The predicted molar refractivity (Wildman–Crippen MR) is 70.3 cm³/mol. The van der Waals surface area contributed by atoms with Crippen LogP contribution in [0.2, 0.25) is 0 Å². The zero-order chi connectivity index (χ0) is 12.2. The molecule has 0 saturated heterocycles. The first kappa shape index (κ1) is 11.1. The number of carbonyl (C=O) groups excluding carboxylic acids is 1. The molecule has 0 aromatic heterocycles. The third-order valence-corrected chi connectivity index (χ3v) is 6.24. The molecule has 4 aliphatic carbocycles. The van der Waals surface area contributed by atoms with E-state index in [2.05, 4.69) is 10.6 Å². The first-order chi connectivity index (χ1) is 8.67. The van der Waals surface area contributed by atoms with Gasteiger partial charge in [-0.3, -0.25) is 0 Å². The summed E-state index contributed by atoms with van der Waals surface area (Å²) in [7, 11) is 0. The quantitative estimate of drug-likeness (QED) is 0.775. The molecule has 0 aromatic carbocycles. The Morgan fingerprint density at radius 3 is 1.44 bits per heavy atom. The van der Waals surface area contributed by atoms with Crippen molar-refractivity contribution in [1.82, 2.24) is 10.6 Å². The Kier molecular flexibility index (Phi) is 2.25. The Morgan fingerprint density at radius 1 is 0.778 bits per heavy atom. The summed E-state index contributed by atoms with van der Waals surface area (Å²) in [6.45, 7) is 0. The molecule has 4 aliphatic rings. The van der Waals surface area contributed by atoms with Crippen LogP contribution in [0.3, 0.4) is 0 Å². The summed E-state index contributed by atoms with van der Waals surface area (Å²) in [4.78, 5) is 12.3. The topological polar surface area (TPSA) is 41.1 Å². The SMILES string of the molecule is O=C(NC12CCC(CC1)C2)NC12CCC(CC1)C2. The van der Waals surface area contributed by atoms with Crippen LogP contribution in [-0.4, -0.2) is 17.1 Å². The number of rotatable bonds is 2. The molecule has 0 atom stereocenters. The van der Waals surface area contributed by atoms with Gasteiger partial charge in [0.2, 0.25) is 0 Å². The van der Waals surface area contributed by atoms with E-state index in [0.29, 0.717) is 0 Å². The molecule has 2 amide bonds. The van der Waals surface area contributed by atoms with Crippen LogP contribution in [-0.2, 0) is 0 Å². The summed E-state index contributed by atoms with van der Waals surface area (Å²) in [6.07, 6.45) is 12.6. The number of nitrogens with one attached hydrogen (secondary N) is 2. The summed E-state index contributed by atoms with van der Waals surface area (Å²) >= 11 is 0. The number of hydrogen-bond acceptors (Lipinski definition) is 1. The molecule has 0 aromatic rings. The predicted octanol–water partition coefficient (Wildman–Crippen LogP) is 2.95. The van der Waals surface area contributed by atoms with Crippen LogP contribution in [0.1, 0.15) is 64.2 Å². The van der Waals surface area contributed by atoms with Crippen LogP contribution >= 0.6 is 0 Å². The smallest absolute Gasteiger partial charge is 0.315 e. The van der Waals surface area contributed by atoms with Gasteiger partial charge in [-0.25, -0.2) is 4.79 Å². The van der Waals surface area contributed by atoms with Gasteiger partial charge < -0.3 is 10.6 Å². The van der Waals surface area contributed by atoms with Gasteiger partial charge in [-0.15, -0.1) is 0 Å². The average Bonchev–Trinajstić information content (AvgIpc) is 3.06. The van der Waals surface area contributed by atoms with E-state index in [4.69, 9.17) is 0 Å². The molecular formula is C15H24N2O. The Labute approximate surface area is 109 Å².